The van der Waals surface area contributed by atoms with E-state index in [1.165, 1.54) is 5.57 Å². The Kier molecular flexibility index (Phi) is 7.08. The lowest BCUT2D eigenvalue weighted by atomic mass is 10.1. The highest BCUT2D eigenvalue weighted by Crippen LogP contribution is 2.17. The third-order valence-corrected chi connectivity index (χ3v) is 1.75. The zero-order valence-electron chi connectivity index (χ0n) is 8.97. The van der Waals surface area contributed by atoms with Crippen molar-refractivity contribution in [3.63, 3.8) is 0 Å². The van der Waals surface area contributed by atoms with Crippen LogP contribution in [0.25, 0.3) is 0 Å². The number of allylic oxidation sites excluding steroid dienone is 4. The molecule has 0 N–H and O–H groups in total. The van der Waals surface area contributed by atoms with E-state index < -0.39 is 0 Å². The minimum atomic E-state index is 0.709. The standard InChI is InChI=1S/C12H20O/c1-5-9-11(7-3)12(10-6-2)13-8-4/h6-7,10H,2,5,8-9H2,1,3-4H3/b11-7-,12-10+. The third-order valence-electron chi connectivity index (χ3n) is 1.75. The number of hydrogen-bond acceptors (Lipinski definition) is 1. The van der Waals surface area contributed by atoms with Crippen molar-refractivity contribution in [1.29, 1.82) is 0 Å². The molecule has 1 heteroatoms. The molecular weight excluding hydrogens is 160 g/mol. The van der Waals surface area contributed by atoms with Crippen molar-refractivity contribution in [3.05, 3.63) is 36.1 Å². The fourth-order valence-corrected chi connectivity index (χ4v) is 1.19. The van der Waals surface area contributed by atoms with Crippen molar-refractivity contribution >= 4 is 0 Å². The lowest BCUT2D eigenvalue weighted by Gasteiger charge is -2.11. The monoisotopic (exact) mass is 180 g/mol. The molecule has 13 heavy (non-hydrogen) atoms. The quantitative estimate of drug-likeness (QED) is 0.446. The molecule has 1 nitrogen and oxygen atoms in total. The zero-order valence-corrected chi connectivity index (χ0v) is 8.97. The summed E-state index contributed by atoms with van der Waals surface area (Å²) in [5.41, 5.74) is 1.27. The minimum Gasteiger partial charge on any atom is -0.494 e. The molecule has 0 rings (SSSR count). The Balaban J connectivity index is 4.49. The molecule has 0 spiro atoms. The predicted octanol–water partition coefficient (Wildman–Crippen LogP) is 3.84. The first-order valence-corrected chi connectivity index (χ1v) is 4.91. The van der Waals surface area contributed by atoms with Crippen LogP contribution in [0.4, 0.5) is 0 Å². The lowest BCUT2D eigenvalue weighted by Crippen LogP contribution is -1.95. The van der Waals surface area contributed by atoms with Crippen molar-refractivity contribution < 1.29 is 4.74 Å². The summed E-state index contributed by atoms with van der Waals surface area (Å²) in [5.74, 6) is 0.960. The molecule has 0 fully saturated rings. The van der Waals surface area contributed by atoms with E-state index in [1.54, 1.807) is 6.08 Å². The molecule has 0 heterocycles. The van der Waals surface area contributed by atoms with Crippen LogP contribution in [0, 0.1) is 0 Å². The Morgan fingerprint density at radius 1 is 1.38 bits per heavy atom. The van der Waals surface area contributed by atoms with Crippen molar-refractivity contribution in [2.24, 2.45) is 0 Å². The zero-order chi connectivity index (χ0) is 10.1. The maximum atomic E-state index is 5.51. The molecule has 0 aliphatic carbocycles. The van der Waals surface area contributed by atoms with Crippen molar-refractivity contribution in [1.82, 2.24) is 0 Å². The van der Waals surface area contributed by atoms with Gasteiger partial charge in [0, 0.05) is 0 Å². The molecule has 0 bridgehead atoms. The molecule has 0 aliphatic heterocycles. The first-order valence-electron chi connectivity index (χ1n) is 4.91. The topological polar surface area (TPSA) is 9.23 Å². The van der Waals surface area contributed by atoms with Gasteiger partial charge in [0.15, 0.2) is 0 Å². The molecule has 0 unspecified atom stereocenters. The van der Waals surface area contributed by atoms with Crippen LogP contribution in [0.5, 0.6) is 0 Å². The summed E-state index contributed by atoms with van der Waals surface area (Å²) in [6, 6.07) is 0. The van der Waals surface area contributed by atoms with Crippen LogP contribution in [-0.2, 0) is 4.74 Å². The van der Waals surface area contributed by atoms with Gasteiger partial charge in [-0.25, -0.2) is 0 Å². The van der Waals surface area contributed by atoms with Crippen LogP contribution in [0.3, 0.4) is 0 Å². The molecule has 0 radical (unpaired) electrons. The Morgan fingerprint density at radius 2 is 2.08 bits per heavy atom. The second-order valence-corrected chi connectivity index (χ2v) is 2.76. The van der Waals surface area contributed by atoms with E-state index in [0.29, 0.717) is 6.61 Å². The van der Waals surface area contributed by atoms with E-state index in [4.69, 9.17) is 4.74 Å². The van der Waals surface area contributed by atoms with Crippen molar-refractivity contribution in [3.8, 4) is 0 Å². The van der Waals surface area contributed by atoms with Gasteiger partial charge in [-0.3, -0.25) is 0 Å². The van der Waals surface area contributed by atoms with Crippen LogP contribution in [0.2, 0.25) is 0 Å². The predicted molar refractivity (Wildman–Crippen MR) is 58.6 cm³/mol. The average molecular weight is 180 g/mol. The summed E-state index contributed by atoms with van der Waals surface area (Å²) in [6.45, 7) is 10.6. The van der Waals surface area contributed by atoms with E-state index in [2.05, 4.69) is 19.6 Å². The molecule has 0 aromatic rings. The summed E-state index contributed by atoms with van der Waals surface area (Å²) in [6.07, 6.45) is 8.00. The maximum Gasteiger partial charge on any atom is 0.122 e. The lowest BCUT2D eigenvalue weighted by molar-refractivity contribution is 0.236. The fourth-order valence-electron chi connectivity index (χ4n) is 1.19. The van der Waals surface area contributed by atoms with Crippen molar-refractivity contribution in [2.75, 3.05) is 6.61 Å². The van der Waals surface area contributed by atoms with Gasteiger partial charge in [0.25, 0.3) is 0 Å². The molecule has 0 aromatic heterocycles. The molecule has 0 saturated carbocycles. The summed E-state index contributed by atoms with van der Waals surface area (Å²) in [7, 11) is 0. The third kappa shape index (κ3) is 4.56. The second-order valence-electron chi connectivity index (χ2n) is 2.76. The summed E-state index contributed by atoms with van der Waals surface area (Å²) in [4.78, 5) is 0. The molecule has 0 aromatic carbocycles. The summed E-state index contributed by atoms with van der Waals surface area (Å²) >= 11 is 0. The van der Waals surface area contributed by atoms with Gasteiger partial charge in [-0.2, -0.15) is 0 Å². The summed E-state index contributed by atoms with van der Waals surface area (Å²) in [5, 5.41) is 0. The van der Waals surface area contributed by atoms with E-state index >= 15 is 0 Å². The van der Waals surface area contributed by atoms with Crippen LogP contribution < -0.4 is 0 Å². The Bertz CT molecular complexity index is 199. The van der Waals surface area contributed by atoms with Gasteiger partial charge in [0.05, 0.1) is 6.61 Å². The SMILES string of the molecule is C=C/C=C(OCC)\C(=C/C)CCC. The molecule has 0 saturated heterocycles. The van der Waals surface area contributed by atoms with E-state index in [0.717, 1.165) is 18.6 Å². The first kappa shape index (κ1) is 12.0. The number of rotatable bonds is 6. The molecule has 74 valence electrons. The highest BCUT2D eigenvalue weighted by Gasteiger charge is 2.02. The van der Waals surface area contributed by atoms with Gasteiger partial charge in [0.1, 0.15) is 5.76 Å². The van der Waals surface area contributed by atoms with Gasteiger partial charge < -0.3 is 4.74 Å². The Morgan fingerprint density at radius 3 is 2.46 bits per heavy atom. The maximum absolute atomic E-state index is 5.51. The van der Waals surface area contributed by atoms with Crippen molar-refractivity contribution in [2.45, 2.75) is 33.6 Å². The van der Waals surface area contributed by atoms with Gasteiger partial charge in [0.2, 0.25) is 0 Å². The largest absolute Gasteiger partial charge is 0.494 e. The minimum absolute atomic E-state index is 0.709. The van der Waals surface area contributed by atoms with Crippen LogP contribution in [-0.4, -0.2) is 6.61 Å². The first-order chi connectivity index (χ1) is 6.29. The fraction of sp³-hybridized carbons (Fsp3) is 0.500. The molecule has 0 atom stereocenters. The summed E-state index contributed by atoms with van der Waals surface area (Å²) < 4.78 is 5.51. The molecule has 0 aliphatic rings. The average Bonchev–Trinajstić information content (AvgIpc) is 2.14. The van der Waals surface area contributed by atoms with Gasteiger partial charge in [-0.05, 0) is 31.9 Å². The number of ether oxygens (including phenoxy) is 1. The highest BCUT2D eigenvalue weighted by molar-refractivity contribution is 5.28. The van der Waals surface area contributed by atoms with E-state index in [-0.39, 0.29) is 0 Å². The Hall–Kier alpha value is -0.980. The van der Waals surface area contributed by atoms with Crippen LogP contribution >= 0.6 is 0 Å². The highest BCUT2D eigenvalue weighted by atomic mass is 16.5. The normalized spacial score (nSPS) is 12.8. The molecular formula is C12H20O. The van der Waals surface area contributed by atoms with Crippen LogP contribution in [0.1, 0.15) is 33.6 Å². The molecule has 0 amide bonds. The second kappa shape index (κ2) is 7.66. The van der Waals surface area contributed by atoms with Gasteiger partial charge in [-0.1, -0.05) is 32.1 Å². The van der Waals surface area contributed by atoms with Crippen LogP contribution in [0.15, 0.2) is 36.1 Å². The Labute approximate surface area is 81.8 Å². The van der Waals surface area contributed by atoms with Gasteiger partial charge in [-0.15, -0.1) is 0 Å². The van der Waals surface area contributed by atoms with Gasteiger partial charge >= 0.3 is 0 Å². The van der Waals surface area contributed by atoms with E-state index in [1.807, 2.05) is 19.9 Å². The smallest absolute Gasteiger partial charge is 0.122 e. The number of hydrogen-bond donors (Lipinski definition) is 0. The van der Waals surface area contributed by atoms with E-state index in [9.17, 15) is 0 Å².